The Labute approximate surface area is 197 Å². The lowest BCUT2D eigenvalue weighted by molar-refractivity contribution is -0.182. The Hall–Kier alpha value is -1.46. The first-order valence-corrected chi connectivity index (χ1v) is 13.0. The number of cyclic esters (lactones) is 1. The second-order valence-electron chi connectivity index (χ2n) is 12.4. The topological polar surface area (TPSA) is 76.1 Å². The minimum Gasteiger partial charge on any atom is -0.458 e. The number of hydrogen-bond acceptors (Lipinski definition) is 5. The molecule has 0 aromatic rings. The molecule has 180 valence electrons. The summed E-state index contributed by atoms with van der Waals surface area (Å²) in [6.45, 7) is 10.4. The van der Waals surface area contributed by atoms with Crippen LogP contribution in [0, 0.1) is 34.5 Å². The number of esters is 1. The van der Waals surface area contributed by atoms with Crippen LogP contribution in [0.4, 0.5) is 0 Å². The summed E-state index contributed by atoms with van der Waals surface area (Å²) >= 11 is 0. The molecule has 4 aliphatic carbocycles. The van der Waals surface area contributed by atoms with Crippen molar-refractivity contribution in [2.45, 2.75) is 103 Å². The fourth-order valence-corrected chi connectivity index (χ4v) is 9.10. The summed E-state index contributed by atoms with van der Waals surface area (Å²) in [5.74, 6) is 0.948. The normalized spacial score (nSPS) is 51.6. The van der Waals surface area contributed by atoms with E-state index in [1.54, 1.807) is 0 Å². The van der Waals surface area contributed by atoms with Gasteiger partial charge in [-0.1, -0.05) is 25.5 Å². The van der Waals surface area contributed by atoms with Crippen LogP contribution in [0.3, 0.4) is 0 Å². The van der Waals surface area contributed by atoms with E-state index in [0.29, 0.717) is 42.0 Å². The Morgan fingerprint density at radius 3 is 2.58 bits per heavy atom. The van der Waals surface area contributed by atoms with Crippen molar-refractivity contribution in [3.05, 3.63) is 22.8 Å². The van der Waals surface area contributed by atoms with E-state index in [2.05, 4.69) is 26.8 Å². The number of rotatable bonds is 2. The number of carbonyl (C=O) groups excluding carboxylic acids is 2. The highest BCUT2D eigenvalue weighted by atomic mass is 16.6. The Balaban J connectivity index is 1.33. The molecular weight excluding hydrogens is 416 g/mol. The van der Waals surface area contributed by atoms with E-state index in [-0.39, 0.29) is 35.6 Å². The molecular formula is C28H38O5. The molecule has 0 unspecified atom stereocenters. The average molecular weight is 455 g/mol. The predicted octanol–water partition coefficient (Wildman–Crippen LogP) is 4.52. The van der Waals surface area contributed by atoms with Crippen LogP contribution in [-0.2, 0) is 19.1 Å². The van der Waals surface area contributed by atoms with Crippen molar-refractivity contribution in [2.75, 3.05) is 0 Å². The van der Waals surface area contributed by atoms with E-state index in [0.717, 1.165) is 37.7 Å². The van der Waals surface area contributed by atoms with E-state index in [9.17, 15) is 14.7 Å². The number of ketones is 1. The Morgan fingerprint density at radius 2 is 1.85 bits per heavy atom. The highest BCUT2D eigenvalue weighted by Crippen LogP contribution is 2.71. The maximum Gasteiger partial charge on any atom is 0.333 e. The predicted molar refractivity (Wildman–Crippen MR) is 123 cm³/mol. The highest BCUT2D eigenvalue weighted by molar-refractivity contribution is 5.90. The molecule has 0 radical (unpaired) electrons. The number of epoxide rings is 1. The van der Waals surface area contributed by atoms with Crippen LogP contribution < -0.4 is 0 Å². The van der Waals surface area contributed by atoms with E-state index < -0.39 is 11.0 Å². The van der Waals surface area contributed by atoms with E-state index in [1.165, 1.54) is 5.57 Å². The standard InChI is InChI=1S/C28H38O5/c1-14-13-20(32-25(30)15(14)2)16(3)28(31)12-10-17-22-18(9-11-26(17,28)4)27(5)19(23-24(22)33-23)7-6-8-21(27)29/h7,16-18,20,22-24,31H,6,8-13H2,1-5H3/t16-,17-,18-,20+,22-,23+,24-,26-,27+,28+/m0/s1. The fourth-order valence-electron chi connectivity index (χ4n) is 9.10. The summed E-state index contributed by atoms with van der Waals surface area (Å²) in [5.41, 5.74) is 1.47. The van der Waals surface area contributed by atoms with Crippen LogP contribution in [0.5, 0.6) is 0 Å². The molecule has 5 nitrogen and oxygen atoms in total. The van der Waals surface area contributed by atoms with Crippen molar-refractivity contribution in [3.63, 3.8) is 0 Å². The zero-order chi connectivity index (χ0) is 23.5. The third-order valence-electron chi connectivity index (χ3n) is 11.4. The first-order valence-electron chi connectivity index (χ1n) is 13.0. The maximum atomic E-state index is 13.3. The van der Waals surface area contributed by atoms with Crippen LogP contribution in [-0.4, -0.2) is 40.8 Å². The second-order valence-corrected chi connectivity index (χ2v) is 12.4. The molecule has 4 fully saturated rings. The number of ether oxygens (including phenoxy) is 2. The molecule has 0 amide bonds. The number of carbonyl (C=O) groups is 2. The van der Waals surface area contributed by atoms with Crippen molar-refractivity contribution < 1.29 is 24.2 Å². The molecule has 1 N–H and O–H groups in total. The number of hydrogen-bond donors (Lipinski definition) is 1. The molecule has 3 saturated carbocycles. The summed E-state index contributed by atoms with van der Waals surface area (Å²) in [6, 6.07) is 0. The number of Topliss-reactive ketones (excluding diaryl/α,β-unsaturated/α-hetero) is 1. The zero-order valence-corrected chi connectivity index (χ0v) is 20.6. The van der Waals surface area contributed by atoms with Crippen molar-refractivity contribution in [1.29, 1.82) is 0 Å². The van der Waals surface area contributed by atoms with Gasteiger partial charge in [-0.15, -0.1) is 0 Å². The minimum absolute atomic E-state index is 0.101. The van der Waals surface area contributed by atoms with Crippen LogP contribution in [0.2, 0.25) is 0 Å². The smallest absolute Gasteiger partial charge is 0.333 e. The Kier molecular flexibility index (Phi) is 4.55. The summed E-state index contributed by atoms with van der Waals surface area (Å²) in [4.78, 5) is 25.7. The molecule has 0 aromatic heterocycles. The molecule has 6 aliphatic rings. The molecule has 0 bridgehead atoms. The van der Waals surface area contributed by atoms with E-state index in [1.807, 2.05) is 13.8 Å². The quantitative estimate of drug-likeness (QED) is 0.377. The largest absolute Gasteiger partial charge is 0.458 e. The van der Waals surface area contributed by atoms with Crippen molar-refractivity contribution in [2.24, 2.45) is 34.5 Å². The van der Waals surface area contributed by atoms with Gasteiger partial charge >= 0.3 is 5.97 Å². The molecule has 6 rings (SSSR count). The first kappa shape index (κ1) is 22.0. The molecule has 1 saturated heterocycles. The molecule has 2 aliphatic heterocycles. The fraction of sp³-hybridized carbons (Fsp3) is 0.786. The van der Waals surface area contributed by atoms with Crippen LogP contribution in [0.15, 0.2) is 22.8 Å². The first-order chi connectivity index (χ1) is 15.5. The van der Waals surface area contributed by atoms with E-state index in [4.69, 9.17) is 9.47 Å². The summed E-state index contributed by atoms with van der Waals surface area (Å²) in [7, 11) is 0. The van der Waals surface area contributed by atoms with Gasteiger partial charge in [-0.05, 0) is 81.6 Å². The van der Waals surface area contributed by atoms with Gasteiger partial charge in [0.1, 0.15) is 18.0 Å². The summed E-state index contributed by atoms with van der Waals surface area (Å²) in [6.07, 6.45) is 8.00. The second kappa shape index (κ2) is 6.81. The van der Waals surface area contributed by atoms with Crippen LogP contribution >= 0.6 is 0 Å². The molecule has 33 heavy (non-hydrogen) atoms. The van der Waals surface area contributed by atoms with Gasteiger partial charge in [0.15, 0.2) is 0 Å². The van der Waals surface area contributed by atoms with Crippen LogP contribution in [0.25, 0.3) is 0 Å². The van der Waals surface area contributed by atoms with Gasteiger partial charge in [0, 0.05) is 24.3 Å². The SMILES string of the molecule is CC1=C(C)C(=O)O[C@@H]([C@H](C)[C@]2(O)CC[C@H]3[C@@H]4[C@@H]5O[C@@H]5C5=CCCC(=O)[C@]5(C)[C@H]4CC[C@@]32C)C1. The van der Waals surface area contributed by atoms with Crippen molar-refractivity contribution >= 4 is 11.8 Å². The number of allylic oxidation sites excluding steroid dienone is 1. The van der Waals surface area contributed by atoms with Gasteiger partial charge in [-0.2, -0.15) is 0 Å². The minimum atomic E-state index is -0.892. The summed E-state index contributed by atoms with van der Waals surface area (Å²) < 4.78 is 12.1. The lowest BCUT2D eigenvalue weighted by Crippen LogP contribution is -2.61. The van der Waals surface area contributed by atoms with Crippen LogP contribution in [0.1, 0.15) is 79.6 Å². The Morgan fingerprint density at radius 1 is 1.12 bits per heavy atom. The van der Waals surface area contributed by atoms with Crippen molar-refractivity contribution in [1.82, 2.24) is 0 Å². The van der Waals surface area contributed by atoms with Gasteiger partial charge in [0.05, 0.1) is 17.1 Å². The molecule has 5 heteroatoms. The number of fused-ring (bicyclic) bond motifs is 8. The van der Waals surface area contributed by atoms with Crippen molar-refractivity contribution in [3.8, 4) is 0 Å². The molecule has 10 atom stereocenters. The molecule has 0 aromatic carbocycles. The highest BCUT2D eigenvalue weighted by Gasteiger charge is 2.73. The Bertz CT molecular complexity index is 994. The molecule has 2 heterocycles. The van der Waals surface area contributed by atoms with Gasteiger partial charge in [0.25, 0.3) is 0 Å². The van der Waals surface area contributed by atoms with Gasteiger partial charge < -0.3 is 14.6 Å². The van der Waals surface area contributed by atoms with E-state index >= 15 is 0 Å². The monoisotopic (exact) mass is 454 g/mol. The average Bonchev–Trinajstić information content (AvgIpc) is 3.52. The third kappa shape index (κ3) is 2.61. The lowest BCUT2D eigenvalue weighted by Gasteiger charge is -2.58. The molecule has 0 spiro atoms. The summed E-state index contributed by atoms with van der Waals surface area (Å²) in [5, 5.41) is 12.3. The maximum absolute atomic E-state index is 13.3. The van der Waals surface area contributed by atoms with Gasteiger partial charge in [0.2, 0.25) is 0 Å². The third-order valence-corrected chi connectivity index (χ3v) is 11.4. The van der Waals surface area contributed by atoms with Gasteiger partial charge in [-0.3, -0.25) is 4.79 Å². The number of aliphatic hydroxyl groups is 1. The zero-order valence-electron chi connectivity index (χ0n) is 20.6. The van der Waals surface area contributed by atoms with Gasteiger partial charge in [-0.25, -0.2) is 4.79 Å². The lowest BCUT2D eigenvalue weighted by atomic mass is 9.45.